The first-order valence-electron chi connectivity index (χ1n) is 7.82. The van der Waals surface area contributed by atoms with Crippen molar-refractivity contribution < 1.29 is 23.5 Å². The van der Waals surface area contributed by atoms with Crippen molar-refractivity contribution in [3.05, 3.63) is 41.8 Å². The van der Waals surface area contributed by atoms with E-state index in [4.69, 9.17) is 18.7 Å². The number of hydrogen-bond acceptors (Lipinski definition) is 6. The van der Waals surface area contributed by atoms with Gasteiger partial charge < -0.3 is 24.1 Å². The molecule has 1 aromatic carbocycles. The molecule has 0 radical (unpaired) electrons. The van der Waals surface area contributed by atoms with Crippen molar-refractivity contribution in [1.82, 2.24) is 10.5 Å². The minimum absolute atomic E-state index is 0.168. The lowest BCUT2D eigenvalue weighted by molar-refractivity contribution is -0.116. The number of hydrogen-bond donors (Lipinski definition) is 1. The van der Waals surface area contributed by atoms with Crippen molar-refractivity contribution in [2.24, 2.45) is 0 Å². The Bertz CT molecular complexity index is 685. The molecule has 0 aliphatic heterocycles. The van der Waals surface area contributed by atoms with Crippen molar-refractivity contribution in [2.45, 2.75) is 12.8 Å². The largest absolute Gasteiger partial charge is 0.493 e. The van der Waals surface area contributed by atoms with Gasteiger partial charge in [0.15, 0.2) is 11.5 Å². The minimum Gasteiger partial charge on any atom is -0.493 e. The second-order valence-electron chi connectivity index (χ2n) is 5.22. The maximum Gasteiger partial charge on any atom is 0.243 e. The summed E-state index contributed by atoms with van der Waals surface area (Å²) in [6, 6.07) is 3.55. The lowest BCUT2D eigenvalue weighted by Crippen LogP contribution is -2.22. The third kappa shape index (κ3) is 5.27. The van der Waals surface area contributed by atoms with E-state index in [9.17, 15) is 4.79 Å². The molecule has 0 bridgehead atoms. The van der Waals surface area contributed by atoms with Crippen LogP contribution in [-0.2, 0) is 11.2 Å². The number of amides is 1. The fourth-order valence-electron chi connectivity index (χ4n) is 2.28. The second kappa shape index (κ2) is 9.36. The van der Waals surface area contributed by atoms with Crippen LogP contribution in [0, 0.1) is 0 Å². The Labute approximate surface area is 146 Å². The topological polar surface area (TPSA) is 82.8 Å². The third-order valence-electron chi connectivity index (χ3n) is 3.54. The van der Waals surface area contributed by atoms with E-state index in [1.807, 2.05) is 0 Å². The Balaban J connectivity index is 1.90. The molecule has 1 N–H and O–H groups in total. The van der Waals surface area contributed by atoms with Gasteiger partial charge in [0, 0.05) is 18.2 Å². The van der Waals surface area contributed by atoms with Crippen LogP contribution in [-0.4, -0.2) is 38.9 Å². The molecular weight excluding hydrogens is 324 g/mol. The molecule has 7 nitrogen and oxygen atoms in total. The van der Waals surface area contributed by atoms with Gasteiger partial charge in [0.1, 0.15) is 6.26 Å². The number of rotatable bonds is 9. The minimum atomic E-state index is -0.168. The van der Waals surface area contributed by atoms with E-state index in [2.05, 4.69) is 10.5 Å². The Hall–Kier alpha value is -2.96. The van der Waals surface area contributed by atoms with Crippen LogP contribution in [0.3, 0.4) is 0 Å². The highest BCUT2D eigenvalue weighted by Crippen LogP contribution is 2.38. The average Bonchev–Trinajstić information content (AvgIpc) is 3.15. The molecule has 1 heterocycles. The summed E-state index contributed by atoms with van der Waals surface area (Å²) >= 11 is 0. The molecular formula is C18H22N2O5. The summed E-state index contributed by atoms with van der Waals surface area (Å²) < 4.78 is 20.6. The van der Waals surface area contributed by atoms with E-state index in [0.29, 0.717) is 23.8 Å². The number of aromatic nitrogens is 1. The monoisotopic (exact) mass is 346 g/mol. The van der Waals surface area contributed by atoms with Crippen molar-refractivity contribution in [3.63, 3.8) is 0 Å². The zero-order valence-corrected chi connectivity index (χ0v) is 14.6. The van der Waals surface area contributed by atoms with Gasteiger partial charge in [-0.15, -0.1) is 0 Å². The normalized spacial score (nSPS) is 10.7. The zero-order valence-electron chi connectivity index (χ0n) is 14.6. The van der Waals surface area contributed by atoms with Crippen LogP contribution < -0.4 is 19.5 Å². The van der Waals surface area contributed by atoms with Gasteiger partial charge in [-0.25, -0.2) is 0 Å². The second-order valence-corrected chi connectivity index (χ2v) is 5.22. The lowest BCUT2D eigenvalue weighted by atomic mass is 10.1. The predicted octanol–water partition coefficient (Wildman–Crippen LogP) is 2.46. The number of ether oxygens (including phenoxy) is 3. The third-order valence-corrected chi connectivity index (χ3v) is 3.54. The number of nitrogens with one attached hydrogen (secondary N) is 1. The van der Waals surface area contributed by atoms with Crippen molar-refractivity contribution in [3.8, 4) is 17.2 Å². The Morgan fingerprint density at radius 3 is 2.48 bits per heavy atom. The molecule has 0 atom stereocenters. The van der Waals surface area contributed by atoms with Crippen LogP contribution in [0.5, 0.6) is 17.2 Å². The predicted molar refractivity (Wildman–Crippen MR) is 93.0 cm³/mol. The SMILES string of the molecule is COc1cc(/C=C/C(=O)NCCCc2cnoc2)cc(OC)c1OC. The van der Waals surface area contributed by atoms with Crippen LogP contribution in [0.1, 0.15) is 17.5 Å². The fraction of sp³-hybridized carbons (Fsp3) is 0.333. The summed E-state index contributed by atoms with van der Waals surface area (Å²) in [5, 5.41) is 6.47. The first kappa shape index (κ1) is 18.4. The quantitative estimate of drug-likeness (QED) is 0.555. The smallest absolute Gasteiger partial charge is 0.243 e. The van der Waals surface area contributed by atoms with Gasteiger partial charge in [-0.3, -0.25) is 4.79 Å². The highest BCUT2D eigenvalue weighted by Gasteiger charge is 2.12. The molecule has 0 aliphatic rings. The molecule has 1 amide bonds. The Morgan fingerprint density at radius 2 is 1.92 bits per heavy atom. The van der Waals surface area contributed by atoms with Crippen LogP contribution in [0.25, 0.3) is 6.08 Å². The van der Waals surface area contributed by atoms with E-state index >= 15 is 0 Å². The molecule has 25 heavy (non-hydrogen) atoms. The van der Waals surface area contributed by atoms with Gasteiger partial charge >= 0.3 is 0 Å². The fourth-order valence-corrected chi connectivity index (χ4v) is 2.28. The summed E-state index contributed by atoms with van der Waals surface area (Å²) in [6.45, 7) is 0.573. The number of benzene rings is 1. The van der Waals surface area contributed by atoms with E-state index in [1.54, 1.807) is 52.0 Å². The average molecular weight is 346 g/mol. The molecule has 0 fully saturated rings. The van der Waals surface area contributed by atoms with Gasteiger partial charge in [0.25, 0.3) is 0 Å². The van der Waals surface area contributed by atoms with Gasteiger partial charge in [0.05, 0.1) is 27.5 Å². The highest BCUT2D eigenvalue weighted by atomic mass is 16.5. The molecule has 2 rings (SSSR count). The van der Waals surface area contributed by atoms with Crippen molar-refractivity contribution in [1.29, 1.82) is 0 Å². The first-order chi connectivity index (χ1) is 12.2. The van der Waals surface area contributed by atoms with Crippen LogP contribution in [0.2, 0.25) is 0 Å². The van der Waals surface area contributed by atoms with Gasteiger partial charge in [-0.1, -0.05) is 5.16 Å². The molecule has 2 aromatic rings. The molecule has 1 aromatic heterocycles. The van der Waals surface area contributed by atoms with Gasteiger partial charge in [-0.05, 0) is 36.6 Å². The Kier molecular flexibility index (Phi) is 6.88. The lowest BCUT2D eigenvalue weighted by Gasteiger charge is -2.12. The highest BCUT2D eigenvalue weighted by molar-refractivity contribution is 5.91. The van der Waals surface area contributed by atoms with Crippen LogP contribution in [0.4, 0.5) is 0 Å². The van der Waals surface area contributed by atoms with Gasteiger partial charge in [0.2, 0.25) is 11.7 Å². The van der Waals surface area contributed by atoms with Crippen molar-refractivity contribution in [2.75, 3.05) is 27.9 Å². The summed E-state index contributed by atoms with van der Waals surface area (Å²) in [4.78, 5) is 11.9. The molecule has 0 saturated carbocycles. The van der Waals surface area contributed by atoms with Crippen LogP contribution >= 0.6 is 0 Å². The molecule has 0 spiro atoms. The summed E-state index contributed by atoms with van der Waals surface area (Å²) in [5.74, 6) is 1.42. The Morgan fingerprint density at radius 1 is 1.20 bits per heavy atom. The summed E-state index contributed by atoms with van der Waals surface area (Å²) in [5.41, 5.74) is 1.79. The molecule has 134 valence electrons. The standard InChI is InChI=1S/C18H22N2O5/c1-22-15-9-13(10-16(23-2)18(15)24-3)6-7-17(21)19-8-4-5-14-11-20-25-12-14/h6-7,9-12H,4-5,8H2,1-3H3,(H,19,21)/b7-6+. The number of carbonyl (C=O) groups is 1. The molecule has 0 saturated heterocycles. The number of methoxy groups -OCH3 is 3. The number of nitrogens with zero attached hydrogens (tertiary/aromatic N) is 1. The zero-order chi connectivity index (χ0) is 18.1. The maximum absolute atomic E-state index is 11.9. The van der Waals surface area contributed by atoms with Crippen LogP contribution in [0.15, 0.2) is 35.2 Å². The number of carbonyl (C=O) groups excluding carboxylic acids is 1. The van der Waals surface area contributed by atoms with Crippen molar-refractivity contribution >= 4 is 12.0 Å². The van der Waals surface area contributed by atoms with E-state index in [-0.39, 0.29) is 5.91 Å². The molecule has 0 unspecified atom stereocenters. The first-order valence-corrected chi connectivity index (χ1v) is 7.82. The van der Waals surface area contributed by atoms with E-state index < -0.39 is 0 Å². The summed E-state index contributed by atoms with van der Waals surface area (Å²) in [6.07, 6.45) is 8.06. The van der Waals surface area contributed by atoms with E-state index in [0.717, 1.165) is 24.0 Å². The van der Waals surface area contributed by atoms with Gasteiger partial charge in [-0.2, -0.15) is 0 Å². The molecule has 7 heteroatoms. The summed E-state index contributed by atoms with van der Waals surface area (Å²) in [7, 11) is 4.64. The molecule has 0 aliphatic carbocycles. The maximum atomic E-state index is 11.9. The van der Waals surface area contributed by atoms with E-state index in [1.165, 1.54) is 6.08 Å². The number of aryl methyl sites for hydroxylation is 1.